The van der Waals surface area contributed by atoms with Gasteiger partial charge in [-0.15, -0.1) is 0 Å². The van der Waals surface area contributed by atoms with Crippen LogP contribution in [-0.2, 0) is 14.0 Å². The van der Waals surface area contributed by atoms with Gasteiger partial charge in [0.15, 0.2) is 8.32 Å². The van der Waals surface area contributed by atoms with E-state index in [2.05, 4.69) is 33.9 Å². The summed E-state index contributed by atoms with van der Waals surface area (Å²) >= 11 is 0. The van der Waals surface area contributed by atoms with E-state index in [0.29, 0.717) is 19.0 Å². The van der Waals surface area contributed by atoms with Crippen molar-refractivity contribution in [2.24, 2.45) is 5.41 Å². The molecule has 1 heterocycles. The zero-order chi connectivity index (χ0) is 15.0. The van der Waals surface area contributed by atoms with Crippen LogP contribution < -0.4 is 0 Å². The molecule has 1 saturated heterocycles. The van der Waals surface area contributed by atoms with Crippen LogP contribution in [0.5, 0.6) is 0 Å². The molecule has 0 radical (unpaired) electrons. The molecule has 1 aliphatic heterocycles. The number of carbonyl (C=O) groups excluding carboxylic acids is 1. The molecule has 4 heteroatoms. The number of carbonyl (C=O) groups is 1. The summed E-state index contributed by atoms with van der Waals surface area (Å²) in [5.74, 6) is 0.427. The van der Waals surface area contributed by atoms with Crippen molar-refractivity contribution in [3.05, 3.63) is 0 Å². The van der Waals surface area contributed by atoms with Gasteiger partial charge in [0.2, 0.25) is 0 Å². The van der Waals surface area contributed by atoms with Crippen LogP contribution in [0.2, 0.25) is 18.1 Å². The van der Waals surface area contributed by atoms with Crippen LogP contribution in [-0.4, -0.2) is 33.4 Å². The van der Waals surface area contributed by atoms with E-state index in [9.17, 15) is 4.79 Å². The Morgan fingerprint density at radius 2 is 1.95 bits per heavy atom. The lowest BCUT2D eigenvalue weighted by Gasteiger charge is -2.49. The summed E-state index contributed by atoms with van der Waals surface area (Å²) in [6, 6.07) is 0. The second-order valence-electron chi connectivity index (χ2n) is 7.98. The van der Waals surface area contributed by atoms with Gasteiger partial charge in [-0.3, -0.25) is 4.79 Å². The van der Waals surface area contributed by atoms with Gasteiger partial charge < -0.3 is 9.16 Å². The highest BCUT2D eigenvalue weighted by molar-refractivity contribution is 6.74. The van der Waals surface area contributed by atoms with E-state index in [1.807, 2.05) is 0 Å². The minimum absolute atomic E-state index is 0.0232. The summed E-state index contributed by atoms with van der Waals surface area (Å²) in [5, 5.41) is 0.170. The van der Waals surface area contributed by atoms with Gasteiger partial charge in [-0.2, -0.15) is 0 Å². The molecule has 1 spiro atoms. The minimum atomic E-state index is -1.86. The molecule has 2 rings (SSSR count). The molecule has 0 aromatic rings. The van der Waals surface area contributed by atoms with Gasteiger partial charge in [-0.25, -0.2) is 0 Å². The third-order valence-corrected chi connectivity index (χ3v) is 10.1. The van der Waals surface area contributed by atoms with Crippen molar-refractivity contribution in [3.63, 3.8) is 0 Å². The monoisotopic (exact) mass is 298 g/mol. The van der Waals surface area contributed by atoms with Crippen LogP contribution >= 0.6 is 0 Å². The number of ether oxygens (including phenoxy) is 1. The Labute approximate surface area is 124 Å². The topological polar surface area (TPSA) is 35.5 Å². The molecule has 2 fully saturated rings. The molecule has 1 aliphatic carbocycles. The number of hydrogen-bond acceptors (Lipinski definition) is 3. The van der Waals surface area contributed by atoms with Crippen LogP contribution in [0.3, 0.4) is 0 Å². The molecule has 0 aromatic carbocycles. The van der Waals surface area contributed by atoms with Crippen molar-refractivity contribution >= 4 is 14.1 Å². The predicted molar refractivity (Wildman–Crippen MR) is 83.4 cm³/mol. The van der Waals surface area contributed by atoms with Gasteiger partial charge in [-0.05, 0) is 37.4 Å². The molecule has 20 heavy (non-hydrogen) atoms. The Morgan fingerprint density at radius 3 is 2.55 bits per heavy atom. The normalized spacial score (nSPS) is 32.6. The molecule has 0 amide bonds. The highest BCUT2D eigenvalue weighted by atomic mass is 28.4. The SMILES string of the molecule is CC(C)(C)[Si](C)(C)OC1COCCC12CCCCC2=O. The van der Waals surface area contributed by atoms with Crippen molar-refractivity contribution in [2.75, 3.05) is 13.2 Å². The van der Waals surface area contributed by atoms with Gasteiger partial charge in [0.05, 0.1) is 18.1 Å². The van der Waals surface area contributed by atoms with Crippen molar-refractivity contribution < 1.29 is 14.0 Å². The standard InChI is InChI=1S/C16H30O3Si/c1-15(2,3)20(4,5)19-14-12-18-11-10-16(14)9-7-6-8-13(16)17/h14H,6-12H2,1-5H3. The first-order chi connectivity index (χ1) is 9.19. The van der Waals surface area contributed by atoms with Crippen LogP contribution in [0.1, 0.15) is 52.9 Å². The van der Waals surface area contributed by atoms with Crippen LogP contribution in [0.4, 0.5) is 0 Å². The minimum Gasteiger partial charge on any atom is -0.411 e. The maximum Gasteiger partial charge on any atom is 0.192 e. The highest BCUT2D eigenvalue weighted by Gasteiger charge is 2.51. The van der Waals surface area contributed by atoms with Gasteiger partial charge in [0.1, 0.15) is 5.78 Å². The average Bonchev–Trinajstić information content (AvgIpc) is 2.34. The van der Waals surface area contributed by atoms with Gasteiger partial charge in [0.25, 0.3) is 0 Å². The van der Waals surface area contributed by atoms with E-state index in [4.69, 9.17) is 9.16 Å². The molecule has 0 aromatic heterocycles. The average molecular weight is 298 g/mol. The number of rotatable bonds is 2. The Bertz CT molecular complexity index is 366. The molecule has 2 atom stereocenters. The zero-order valence-electron chi connectivity index (χ0n) is 13.8. The fourth-order valence-electron chi connectivity index (χ4n) is 3.16. The fourth-order valence-corrected chi connectivity index (χ4v) is 4.52. The zero-order valence-corrected chi connectivity index (χ0v) is 14.8. The summed E-state index contributed by atoms with van der Waals surface area (Å²) in [6.45, 7) is 12.6. The summed E-state index contributed by atoms with van der Waals surface area (Å²) < 4.78 is 12.3. The largest absolute Gasteiger partial charge is 0.411 e. The first kappa shape index (κ1) is 16.2. The molecular weight excluding hydrogens is 268 g/mol. The van der Waals surface area contributed by atoms with Crippen LogP contribution in [0, 0.1) is 5.41 Å². The van der Waals surface area contributed by atoms with Crippen molar-refractivity contribution in [3.8, 4) is 0 Å². The first-order valence-electron chi connectivity index (χ1n) is 7.98. The third kappa shape index (κ3) is 2.88. The quantitative estimate of drug-likeness (QED) is 0.725. The van der Waals surface area contributed by atoms with Crippen molar-refractivity contribution in [2.45, 2.75) is 77.1 Å². The van der Waals surface area contributed by atoms with Crippen molar-refractivity contribution in [1.29, 1.82) is 0 Å². The Kier molecular flexibility index (Phi) is 4.48. The molecule has 2 unspecified atom stereocenters. The summed E-state index contributed by atoms with van der Waals surface area (Å²) in [5.41, 5.74) is -0.244. The number of Topliss-reactive ketones (excluding diaryl/α,β-unsaturated/α-hetero) is 1. The van der Waals surface area contributed by atoms with E-state index < -0.39 is 8.32 Å². The molecule has 116 valence electrons. The lowest BCUT2D eigenvalue weighted by molar-refractivity contribution is -0.153. The molecule has 1 saturated carbocycles. The predicted octanol–water partition coefficient (Wildman–Crippen LogP) is 3.93. The molecule has 2 aliphatic rings. The molecular formula is C16H30O3Si. The fraction of sp³-hybridized carbons (Fsp3) is 0.938. The van der Waals surface area contributed by atoms with Crippen LogP contribution in [0.25, 0.3) is 0 Å². The van der Waals surface area contributed by atoms with E-state index in [-0.39, 0.29) is 16.6 Å². The van der Waals surface area contributed by atoms with Gasteiger partial charge in [0, 0.05) is 13.0 Å². The number of ketones is 1. The second-order valence-corrected chi connectivity index (χ2v) is 12.7. The summed E-state index contributed by atoms with van der Waals surface area (Å²) in [7, 11) is -1.86. The Morgan fingerprint density at radius 1 is 1.25 bits per heavy atom. The van der Waals surface area contributed by atoms with E-state index in [1.165, 1.54) is 0 Å². The third-order valence-electron chi connectivity index (χ3n) is 5.65. The van der Waals surface area contributed by atoms with Crippen LogP contribution in [0.15, 0.2) is 0 Å². The molecule has 0 bridgehead atoms. The lowest BCUT2D eigenvalue weighted by Crippen LogP contribution is -2.56. The maximum absolute atomic E-state index is 12.6. The van der Waals surface area contributed by atoms with E-state index in [1.54, 1.807) is 0 Å². The van der Waals surface area contributed by atoms with E-state index >= 15 is 0 Å². The van der Waals surface area contributed by atoms with Crippen molar-refractivity contribution in [1.82, 2.24) is 0 Å². The summed E-state index contributed by atoms with van der Waals surface area (Å²) in [4.78, 5) is 12.6. The van der Waals surface area contributed by atoms with E-state index in [0.717, 1.165) is 32.1 Å². The lowest BCUT2D eigenvalue weighted by atomic mass is 9.66. The molecule has 0 N–H and O–H groups in total. The Balaban J connectivity index is 2.21. The Hall–Kier alpha value is -0.193. The molecule has 3 nitrogen and oxygen atoms in total. The second kappa shape index (κ2) is 5.54. The maximum atomic E-state index is 12.6. The highest BCUT2D eigenvalue weighted by Crippen LogP contribution is 2.46. The van der Waals surface area contributed by atoms with Gasteiger partial charge >= 0.3 is 0 Å². The van der Waals surface area contributed by atoms with Gasteiger partial charge in [-0.1, -0.05) is 27.2 Å². The first-order valence-corrected chi connectivity index (χ1v) is 10.9. The summed E-state index contributed by atoms with van der Waals surface area (Å²) in [6.07, 6.45) is 4.76. The smallest absolute Gasteiger partial charge is 0.192 e. The number of hydrogen-bond donors (Lipinski definition) is 0.